The van der Waals surface area contributed by atoms with E-state index in [9.17, 15) is 9.59 Å². The molecule has 3 aromatic rings. The van der Waals surface area contributed by atoms with Crippen LogP contribution in [0.2, 0.25) is 0 Å². The van der Waals surface area contributed by atoms with Crippen molar-refractivity contribution in [3.63, 3.8) is 0 Å². The van der Waals surface area contributed by atoms with Gasteiger partial charge >= 0.3 is 5.97 Å². The molecule has 0 N–H and O–H groups in total. The maximum Gasteiger partial charge on any atom is 0.348 e. The van der Waals surface area contributed by atoms with E-state index < -0.39 is 5.97 Å². The minimum absolute atomic E-state index is 0.188. The highest BCUT2D eigenvalue weighted by atomic mass is 32.2. The van der Waals surface area contributed by atoms with Crippen LogP contribution in [0, 0.1) is 0 Å². The Hall–Kier alpha value is -2.31. The number of nitrogens with zero attached hydrogens (tertiary/aromatic N) is 1. The number of fused-ring (bicyclic) bond motifs is 2. The number of thioether (sulfide) groups is 1. The third-order valence-corrected chi connectivity index (χ3v) is 6.83. The van der Waals surface area contributed by atoms with Crippen molar-refractivity contribution in [1.82, 2.24) is 0 Å². The molecule has 0 radical (unpaired) electrons. The first-order chi connectivity index (χ1) is 13.1. The molecule has 0 saturated heterocycles. The minimum Gasteiger partial charge on any atom is -0.451 e. The van der Waals surface area contributed by atoms with Crippen LogP contribution in [0.3, 0.4) is 0 Å². The number of anilines is 1. The Morgan fingerprint density at radius 3 is 2.78 bits per heavy atom. The number of thiophene rings is 1. The van der Waals surface area contributed by atoms with Gasteiger partial charge in [0.2, 0.25) is 0 Å². The van der Waals surface area contributed by atoms with Crippen LogP contribution in [0.25, 0.3) is 10.1 Å². The van der Waals surface area contributed by atoms with E-state index in [4.69, 9.17) is 4.74 Å². The Morgan fingerprint density at radius 1 is 1.15 bits per heavy atom. The first-order valence-electron chi connectivity index (χ1n) is 8.83. The van der Waals surface area contributed by atoms with Crippen molar-refractivity contribution < 1.29 is 14.3 Å². The predicted octanol–water partition coefficient (Wildman–Crippen LogP) is 4.98. The summed E-state index contributed by atoms with van der Waals surface area (Å²) in [6.45, 7) is 2.54. The van der Waals surface area contributed by atoms with Crippen molar-refractivity contribution in [2.45, 2.75) is 23.5 Å². The number of benzene rings is 2. The summed E-state index contributed by atoms with van der Waals surface area (Å²) in [5.41, 5.74) is 0.898. The highest BCUT2D eigenvalue weighted by Gasteiger charge is 2.25. The van der Waals surface area contributed by atoms with Crippen LogP contribution in [0.1, 0.15) is 23.0 Å². The maximum absolute atomic E-state index is 12.8. The van der Waals surface area contributed by atoms with Gasteiger partial charge in [0.1, 0.15) is 4.88 Å². The molecule has 0 fully saturated rings. The highest BCUT2D eigenvalue weighted by molar-refractivity contribution is 8.00. The van der Waals surface area contributed by atoms with Crippen molar-refractivity contribution in [1.29, 1.82) is 0 Å². The largest absolute Gasteiger partial charge is 0.451 e. The second kappa shape index (κ2) is 7.74. The Labute approximate surface area is 166 Å². The van der Waals surface area contributed by atoms with E-state index in [0.29, 0.717) is 16.7 Å². The SMILES string of the molecule is C[C@H]1CCN(C(=O)COC(=O)c2cc3ccccc3s2)c2ccccc2S1. The molecule has 6 heteroatoms. The fraction of sp³-hybridized carbons (Fsp3) is 0.238. The van der Waals surface area contributed by atoms with Gasteiger partial charge in [-0.3, -0.25) is 4.79 Å². The number of ether oxygens (including phenoxy) is 1. The van der Waals surface area contributed by atoms with Crippen molar-refractivity contribution in [3.05, 3.63) is 59.5 Å². The van der Waals surface area contributed by atoms with E-state index >= 15 is 0 Å². The van der Waals surface area contributed by atoms with Gasteiger partial charge in [-0.15, -0.1) is 23.1 Å². The fourth-order valence-electron chi connectivity index (χ4n) is 3.10. The van der Waals surface area contributed by atoms with Crippen molar-refractivity contribution in [3.8, 4) is 0 Å². The van der Waals surface area contributed by atoms with E-state index in [2.05, 4.69) is 6.92 Å². The van der Waals surface area contributed by atoms with Gasteiger partial charge in [-0.1, -0.05) is 37.3 Å². The van der Waals surface area contributed by atoms with Crippen LogP contribution in [0.15, 0.2) is 59.5 Å². The number of hydrogen-bond donors (Lipinski definition) is 0. The standard InChI is InChI=1S/C21H19NO3S2/c1-14-10-11-22(16-7-3-5-9-18(16)26-14)20(23)13-25-21(24)19-12-15-6-2-4-8-17(15)27-19/h2-9,12,14H,10-11,13H2,1H3/t14-/m0/s1. The molecule has 0 aliphatic carbocycles. The van der Waals surface area contributed by atoms with E-state index in [1.54, 1.807) is 16.7 Å². The average molecular weight is 398 g/mol. The molecular formula is C21H19NO3S2. The molecule has 2 aromatic carbocycles. The molecule has 4 nitrogen and oxygen atoms in total. The Morgan fingerprint density at radius 2 is 1.93 bits per heavy atom. The van der Waals surface area contributed by atoms with Gasteiger partial charge < -0.3 is 9.64 Å². The molecule has 0 spiro atoms. The number of carbonyl (C=O) groups excluding carboxylic acids is 2. The Kier molecular flexibility index (Phi) is 5.18. The first-order valence-corrected chi connectivity index (χ1v) is 10.5. The molecule has 27 heavy (non-hydrogen) atoms. The zero-order chi connectivity index (χ0) is 18.8. The lowest BCUT2D eigenvalue weighted by Crippen LogP contribution is -2.35. The molecule has 0 unspecified atom stereocenters. The lowest BCUT2D eigenvalue weighted by molar-refractivity contribution is -0.121. The topological polar surface area (TPSA) is 46.6 Å². The summed E-state index contributed by atoms with van der Waals surface area (Å²) < 4.78 is 6.36. The zero-order valence-electron chi connectivity index (χ0n) is 14.9. The number of para-hydroxylation sites is 1. The van der Waals surface area contributed by atoms with E-state index in [0.717, 1.165) is 27.1 Å². The van der Waals surface area contributed by atoms with Gasteiger partial charge in [0, 0.05) is 21.4 Å². The molecule has 1 amide bonds. The van der Waals surface area contributed by atoms with Gasteiger partial charge in [-0.05, 0) is 36.1 Å². The molecule has 138 valence electrons. The smallest absolute Gasteiger partial charge is 0.348 e. The number of esters is 1. The molecule has 1 atom stereocenters. The Balaban J connectivity index is 1.46. The first kappa shape index (κ1) is 18.1. The van der Waals surface area contributed by atoms with Gasteiger partial charge in [-0.2, -0.15) is 0 Å². The summed E-state index contributed by atoms with van der Waals surface area (Å²) in [6, 6.07) is 17.5. The highest BCUT2D eigenvalue weighted by Crippen LogP contribution is 2.37. The monoisotopic (exact) mass is 397 g/mol. The summed E-state index contributed by atoms with van der Waals surface area (Å²) >= 11 is 3.16. The third-order valence-electron chi connectivity index (χ3n) is 4.50. The van der Waals surface area contributed by atoms with Crippen LogP contribution in [-0.2, 0) is 9.53 Å². The second-order valence-corrected chi connectivity index (χ2v) is 9.02. The molecule has 1 aromatic heterocycles. The molecular weight excluding hydrogens is 378 g/mol. The van der Waals surface area contributed by atoms with Crippen LogP contribution >= 0.6 is 23.1 Å². The van der Waals surface area contributed by atoms with Gasteiger partial charge in [0.05, 0.1) is 5.69 Å². The molecule has 1 aliphatic rings. The lowest BCUT2D eigenvalue weighted by Gasteiger charge is -2.22. The van der Waals surface area contributed by atoms with Gasteiger partial charge in [-0.25, -0.2) is 4.79 Å². The molecule has 0 bridgehead atoms. The van der Waals surface area contributed by atoms with Crippen molar-refractivity contribution >= 4 is 50.7 Å². The lowest BCUT2D eigenvalue weighted by atomic mass is 10.2. The van der Waals surface area contributed by atoms with E-state index in [1.165, 1.54) is 11.3 Å². The van der Waals surface area contributed by atoms with Crippen LogP contribution in [0.5, 0.6) is 0 Å². The van der Waals surface area contributed by atoms with Crippen LogP contribution < -0.4 is 4.90 Å². The van der Waals surface area contributed by atoms with Crippen molar-refractivity contribution in [2.24, 2.45) is 0 Å². The predicted molar refractivity (Wildman–Crippen MR) is 111 cm³/mol. The normalized spacial score (nSPS) is 16.6. The van der Waals surface area contributed by atoms with Gasteiger partial charge in [0.15, 0.2) is 6.61 Å². The van der Waals surface area contributed by atoms with E-state index in [1.807, 2.05) is 54.6 Å². The second-order valence-electron chi connectivity index (χ2n) is 6.45. The van der Waals surface area contributed by atoms with Crippen LogP contribution in [-0.4, -0.2) is 30.3 Å². The molecule has 1 aliphatic heterocycles. The fourth-order valence-corrected chi connectivity index (χ4v) is 5.17. The maximum atomic E-state index is 12.8. The molecule has 2 heterocycles. The minimum atomic E-state index is -0.449. The number of carbonyl (C=O) groups is 2. The summed E-state index contributed by atoms with van der Waals surface area (Å²) in [5.74, 6) is -0.637. The molecule has 4 rings (SSSR count). The Bertz CT molecular complexity index is 965. The quantitative estimate of drug-likeness (QED) is 0.585. The number of rotatable bonds is 3. The van der Waals surface area contributed by atoms with Gasteiger partial charge in [0.25, 0.3) is 5.91 Å². The summed E-state index contributed by atoms with van der Waals surface area (Å²) in [6.07, 6.45) is 0.898. The van der Waals surface area contributed by atoms with Crippen LogP contribution in [0.4, 0.5) is 5.69 Å². The van der Waals surface area contributed by atoms with Crippen molar-refractivity contribution in [2.75, 3.05) is 18.1 Å². The number of amides is 1. The average Bonchev–Trinajstić information content (AvgIpc) is 3.04. The van der Waals surface area contributed by atoms with E-state index in [-0.39, 0.29) is 12.5 Å². The summed E-state index contributed by atoms with van der Waals surface area (Å²) in [5, 5.41) is 1.44. The zero-order valence-corrected chi connectivity index (χ0v) is 16.5. The molecule has 0 saturated carbocycles. The summed E-state index contributed by atoms with van der Waals surface area (Å²) in [4.78, 5) is 28.5. The third kappa shape index (κ3) is 3.87. The summed E-state index contributed by atoms with van der Waals surface area (Å²) in [7, 11) is 0. The number of hydrogen-bond acceptors (Lipinski definition) is 5.